The van der Waals surface area contributed by atoms with E-state index >= 15 is 0 Å². The van der Waals surface area contributed by atoms with Crippen LogP contribution < -0.4 is 0 Å². The number of carbonyl (C=O) groups is 3. The summed E-state index contributed by atoms with van der Waals surface area (Å²) in [5.41, 5.74) is -1.48. The molecule has 0 saturated carbocycles. The first kappa shape index (κ1) is 47.1. The van der Waals surface area contributed by atoms with E-state index in [0.717, 1.165) is 12.7 Å². The van der Waals surface area contributed by atoms with Gasteiger partial charge in [0.05, 0.1) is 43.0 Å². The molecule has 0 bridgehead atoms. The molecular weight excluding hydrogens is 718 g/mol. The molecule has 3 aliphatic rings. The monoisotopic (exact) mass is 785 g/mol. The van der Waals surface area contributed by atoms with Gasteiger partial charge in [-0.25, -0.2) is 0 Å². The maximum Gasteiger partial charge on any atom is 0.308 e. The fourth-order valence-corrected chi connectivity index (χ4v) is 7.77. The van der Waals surface area contributed by atoms with E-state index in [1.807, 2.05) is 19.9 Å². The number of aldehydes is 1. The molecule has 0 radical (unpaired) electrons. The van der Waals surface area contributed by atoms with Crippen LogP contribution in [0.15, 0.2) is 24.3 Å². The average molecular weight is 786 g/mol. The number of hydrogen-bond donors (Lipinski definition) is 4. The van der Waals surface area contributed by atoms with Crippen molar-refractivity contribution >= 4 is 18.2 Å². The van der Waals surface area contributed by atoms with Gasteiger partial charge in [0.15, 0.2) is 18.7 Å². The molecule has 0 aliphatic carbocycles. The maximum absolute atomic E-state index is 12.9. The van der Waals surface area contributed by atoms with Gasteiger partial charge in [-0.3, -0.25) is 9.59 Å². The zero-order valence-corrected chi connectivity index (χ0v) is 34.0. The molecule has 3 heterocycles. The van der Waals surface area contributed by atoms with Gasteiger partial charge in [0, 0.05) is 32.8 Å². The van der Waals surface area contributed by atoms with Gasteiger partial charge in [-0.1, -0.05) is 44.6 Å². The van der Waals surface area contributed by atoms with Gasteiger partial charge in [-0.05, 0) is 66.5 Å². The van der Waals surface area contributed by atoms with Crippen LogP contribution in [0.4, 0.5) is 0 Å². The Hall–Kier alpha value is -2.31. The summed E-state index contributed by atoms with van der Waals surface area (Å²) in [6.07, 6.45) is -2.33. The fraction of sp³-hybridized carbons (Fsp3) is 0.825. The van der Waals surface area contributed by atoms with Crippen LogP contribution in [-0.4, -0.2) is 150 Å². The van der Waals surface area contributed by atoms with E-state index in [1.54, 1.807) is 64.9 Å². The smallest absolute Gasteiger partial charge is 0.308 e. The van der Waals surface area contributed by atoms with Gasteiger partial charge >= 0.3 is 11.9 Å². The third-order valence-corrected chi connectivity index (χ3v) is 10.8. The first-order chi connectivity index (χ1) is 25.9. The van der Waals surface area contributed by atoms with Crippen molar-refractivity contribution < 1.29 is 68.0 Å². The average Bonchev–Trinajstić information content (AvgIpc) is 3.09. The van der Waals surface area contributed by atoms with Crippen LogP contribution in [0.3, 0.4) is 0 Å². The maximum atomic E-state index is 12.9. The van der Waals surface area contributed by atoms with Crippen LogP contribution in [-0.2, 0) is 47.5 Å². The van der Waals surface area contributed by atoms with Crippen molar-refractivity contribution in [2.24, 2.45) is 11.8 Å². The molecule has 15 nitrogen and oxygen atoms in total. The molecule has 55 heavy (non-hydrogen) atoms. The Morgan fingerprint density at radius 3 is 2.36 bits per heavy atom. The number of aliphatic hydroxyl groups is 4. The number of aliphatic hydroxyl groups excluding tert-OH is 3. The lowest BCUT2D eigenvalue weighted by Crippen LogP contribution is -2.66. The number of hydrogen-bond acceptors (Lipinski definition) is 15. The minimum Gasteiger partial charge on any atom is -0.462 e. The molecule has 0 amide bonds. The lowest BCUT2D eigenvalue weighted by Gasteiger charge is -2.50. The number of cyclic esters (lactones) is 1. The van der Waals surface area contributed by atoms with Gasteiger partial charge < -0.3 is 63.3 Å². The highest BCUT2D eigenvalue weighted by Gasteiger charge is 2.52. The van der Waals surface area contributed by atoms with Crippen LogP contribution >= 0.6 is 0 Å². The van der Waals surface area contributed by atoms with E-state index in [2.05, 4.69) is 0 Å². The summed E-state index contributed by atoms with van der Waals surface area (Å²) in [5.74, 6) is -2.09. The highest BCUT2D eigenvalue weighted by Crippen LogP contribution is 2.37. The molecule has 316 valence electrons. The minimum absolute atomic E-state index is 0.0258. The van der Waals surface area contributed by atoms with Crippen LogP contribution in [0.25, 0.3) is 0 Å². The molecular formula is C40H67NO14. The normalized spacial score (nSPS) is 42.3. The fourth-order valence-electron chi connectivity index (χ4n) is 7.77. The summed E-state index contributed by atoms with van der Waals surface area (Å²) < 4.78 is 42.4. The molecule has 0 spiro atoms. The number of allylic oxidation sites excluding steroid dienone is 2. The second-order valence-electron chi connectivity index (χ2n) is 15.9. The van der Waals surface area contributed by atoms with Crippen LogP contribution in [0, 0.1) is 11.8 Å². The van der Waals surface area contributed by atoms with E-state index < -0.39 is 110 Å². The lowest BCUT2D eigenvalue weighted by atomic mass is 9.82. The number of methoxy groups -OCH3 is 1. The lowest BCUT2D eigenvalue weighted by molar-refractivity contribution is -0.344. The quantitative estimate of drug-likeness (QED) is 0.166. The molecule has 0 aromatic carbocycles. The van der Waals surface area contributed by atoms with Crippen molar-refractivity contribution in [1.82, 2.24) is 4.90 Å². The molecule has 3 rings (SSSR count). The molecule has 0 aromatic rings. The zero-order valence-electron chi connectivity index (χ0n) is 34.0. The molecule has 3 aliphatic heterocycles. The number of nitrogens with zero attached hydrogens (tertiary/aromatic N) is 1. The minimum atomic E-state index is -1.48. The largest absolute Gasteiger partial charge is 0.462 e. The first-order valence-electron chi connectivity index (χ1n) is 19.7. The molecule has 2 fully saturated rings. The number of esters is 2. The Balaban J connectivity index is 1.89. The molecule has 0 aromatic heterocycles. The van der Waals surface area contributed by atoms with Crippen LogP contribution in [0.2, 0.25) is 0 Å². The summed E-state index contributed by atoms with van der Waals surface area (Å²) in [4.78, 5) is 39.2. The predicted octanol–water partition coefficient (Wildman–Crippen LogP) is 2.59. The van der Waals surface area contributed by atoms with E-state index in [-0.39, 0.29) is 31.6 Å². The number of carbonyl (C=O) groups excluding carboxylic acids is 3. The third kappa shape index (κ3) is 13.4. The second kappa shape index (κ2) is 22.0. The Labute approximate surface area is 326 Å². The highest BCUT2D eigenvalue weighted by atomic mass is 16.7. The van der Waals surface area contributed by atoms with Gasteiger partial charge in [0.1, 0.15) is 36.3 Å². The van der Waals surface area contributed by atoms with Gasteiger partial charge in [0.25, 0.3) is 0 Å². The third-order valence-electron chi connectivity index (χ3n) is 10.8. The molecule has 2 saturated heterocycles. The van der Waals surface area contributed by atoms with Crippen molar-refractivity contribution in [1.29, 1.82) is 0 Å². The van der Waals surface area contributed by atoms with Crippen molar-refractivity contribution in [3.8, 4) is 0 Å². The standard InChI is InChI=1S/C40H67NO14/c1-10-11-17-30(45)53-38-26(5)51-32(22-40(38,6)48)54-35-25(4)52-39(34(47)33(35)41(7)8)55-36-27(18-19-42)20-23(2)28(43)16-14-12-13-15-24(3)50-31(46)21-29(44)37(36)49-9/h12-14,16,19,23-29,32-39,43-44,47-48H,10-11,15,17-18,20-22H2,1-9H3/b13-12+,16-14+/t23-,24-,25-,26-,27+,28+,29-,32+,33-,34-,35-,36+,37+,38-,39+,40-/m1/s1. The Morgan fingerprint density at radius 2 is 1.75 bits per heavy atom. The van der Waals surface area contributed by atoms with Gasteiger partial charge in [-0.2, -0.15) is 0 Å². The molecule has 4 N–H and O–H groups in total. The van der Waals surface area contributed by atoms with E-state index in [9.17, 15) is 34.8 Å². The van der Waals surface area contributed by atoms with Crippen molar-refractivity contribution in [2.45, 2.75) is 178 Å². The highest BCUT2D eigenvalue weighted by molar-refractivity contribution is 5.70. The second-order valence-corrected chi connectivity index (χ2v) is 15.9. The molecule has 16 atom stereocenters. The van der Waals surface area contributed by atoms with Crippen molar-refractivity contribution in [2.75, 3.05) is 21.2 Å². The Bertz CT molecular complexity index is 1260. The van der Waals surface area contributed by atoms with E-state index in [0.29, 0.717) is 12.8 Å². The van der Waals surface area contributed by atoms with Crippen LogP contribution in [0.5, 0.6) is 0 Å². The molecule has 15 heteroatoms. The number of likely N-dealkylation sites (N-methyl/N-ethyl adjacent to an activating group) is 1. The predicted molar refractivity (Wildman–Crippen MR) is 200 cm³/mol. The Morgan fingerprint density at radius 1 is 1.04 bits per heavy atom. The number of rotatable bonds is 12. The summed E-state index contributed by atoms with van der Waals surface area (Å²) in [6, 6.07) is -0.751. The topological polar surface area (TPSA) is 200 Å². The summed E-state index contributed by atoms with van der Waals surface area (Å²) in [7, 11) is 4.87. The number of ether oxygens (including phenoxy) is 7. The SMILES string of the molecule is CCCCC(=O)O[C@@H]1[C@@H](C)O[C@@H](O[C@H]2[C@H](N(C)C)[C@@H](O)[C@H](O[C@H]3[C@@H](CC=O)C[C@@H](C)[C@@H](O)/C=C/C=C/C[C@@H](C)OC(=O)C[C@@H](O)[C@@H]3OC)O[C@@H]2C)C[C@@]1(C)O. The van der Waals surface area contributed by atoms with Gasteiger partial charge in [-0.15, -0.1) is 0 Å². The van der Waals surface area contributed by atoms with Crippen molar-refractivity contribution in [3.63, 3.8) is 0 Å². The summed E-state index contributed by atoms with van der Waals surface area (Å²) in [5, 5.41) is 45.8. The van der Waals surface area contributed by atoms with E-state index in [1.165, 1.54) is 7.11 Å². The Kier molecular flexibility index (Phi) is 18.8. The molecule has 0 unspecified atom stereocenters. The van der Waals surface area contributed by atoms with Crippen molar-refractivity contribution in [3.05, 3.63) is 24.3 Å². The summed E-state index contributed by atoms with van der Waals surface area (Å²) in [6.45, 7) is 10.5. The van der Waals surface area contributed by atoms with Gasteiger partial charge in [0.2, 0.25) is 0 Å². The zero-order chi connectivity index (χ0) is 41.0. The number of unbranched alkanes of at least 4 members (excludes halogenated alkanes) is 1. The first-order valence-corrected chi connectivity index (χ1v) is 19.7. The van der Waals surface area contributed by atoms with Crippen LogP contribution in [0.1, 0.15) is 92.9 Å². The van der Waals surface area contributed by atoms with E-state index in [4.69, 9.17) is 33.2 Å². The summed E-state index contributed by atoms with van der Waals surface area (Å²) >= 11 is 0.